The zero-order chi connectivity index (χ0) is 10.6. The molecule has 0 spiro atoms. The van der Waals surface area contributed by atoms with Crippen LogP contribution in [0.25, 0.3) is 6.08 Å². The van der Waals surface area contributed by atoms with E-state index in [1.54, 1.807) is 18.1 Å². The van der Waals surface area contributed by atoms with Crippen molar-refractivity contribution in [2.24, 2.45) is 0 Å². The Morgan fingerprint density at radius 1 is 1.50 bits per heavy atom. The van der Waals surface area contributed by atoms with Gasteiger partial charge in [-0.1, -0.05) is 28.1 Å². The van der Waals surface area contributed by atoms with Crippen LogP contribution in [0.1, 0.15) is 12.5 Å². The van der Waals surface area contributed by atoms with Crippen LogP contribution >= 0.6 is 15.9 Å². The van der Waals surface area contributed by atoms with Crippen LogP contribution in [0.15, 0.2) is 34.9 Å². The van der Waals surface area contributed by atoms with E-state index in [9.17, 15) is 4.79 Å². The molecule has 0 radical (unpaired) electrons. The fraction of sp³-hybridized carbons (Fsp3) is 0.182. The summed E-state index contributed by atoms with van der Waals surface area (Å²) in [4.78, 5) is 12.4. The lowest BCUT2D eigenvalue weighted by Gasteiger charge is -2.07. The predicted molar refractivity (Wildman–Crippen MR) is 61.6 cm³/mol. The van der Waals surface area contributed by atoms with Crippen LogP contribution in [0.4, 0.5) is 0 Å². The summed E-state index contributed by atoms with van der Waals surface area (Å²) in [7, 11) is 1.73. The van der Waals surface area contributed by atoms with Crippen LogP contribution in [-0.2, 0) is 4.79 Å². The average Bonchev–Trinajstić information content (AvgIpc) is 2.14. The lowest BCUT2D eigenvalue weighted by atomic mass is 10.2. The van der Waals surface area contributed by atoms with E-state index in [4.69, 9.17) is 0 Å². The molecule has 0 bridgehead atoms. The van der Waals surface area contributed by atoms with Gasteiger partial charge in [0, 0.05) is 24.6 Å². The van der Waals surface area contributed by atoms with Gasteiger partial charge in [0.05, 0.1) is 0 Å². The number of hydrogen-bond acceptors (Lipinski definition) is 1. The molecule has 0 fully saturated rings. The first kappa shape index (κ1) is 11.0. The Morgan fingerprint density at radius 3 is 2.79 bits per heavy atom. The van der Waals surface area contributed by atoms with Crippen LogP contribution in [-0.4, -0.2) is 17.9 Å². The van der Waals surface area contributed by atoms with Gasteiger partial charge in [-0.05, 0) is 23.8 Å². The third-order valence-corrected chi connectivity index (χ3v) is 2.33. The predicted octanol–water partition coefficient (Wildman–Crippen LogP) is 2.90. The molecular weight excluding hydrogens is 242 g/mol. The Balaban J connectivity index is 2.73. The molecule has 0 aliphatic heterocycles. The summed E-state index contributed by atoms with van der Waals surface area (Å²) < 4.78 is 1.03. The molecule has 3 heteroatoms. The summed E-state index contributed by atoms with van der Waals surface area (Å²) >= 11 is 3.38. The monoisotopic (exact) mass is 253 g/mol. The Kier molecular flexibility index (Phi) is 3.89. The van der Waals surface area contributed by atoms with Gasteiger partial charge in [0.15, 0.2) is 0 Å². The molecule has 14 heavy (non-hydrogen) atoms. The molecule has 0 N–H and O–H groups in total. The maximum Gasteiger partial charge on any atom is 0.223 e. The molecule has 0 aliphatic rings. The van der Waals surface area contributed by atoms with Crippen molar-refractivity contribution in [2.45, 2.75) is 6.92 Å². The van der Waals surface area contributed by atoms with Crippen molar-refractivity contribution < 1.29 is 4.79 Å². The molecule has 0 aliphatic carbocycles. The van der Waals surface area contributed by atoms with E-state index >= 15 is 0 Å². The minimum atomic E-state index is 0.0243. The van der Waals surface area contributed by atoms with E-state index in [0.717, 1.165) is 10.0 Å². The Labute approximate surface area is 92.4 Å². The van der Waals surface area contributed by atoms with Crippen molar-refractivity contribution in [3.63, 3.8) is 0 Å². The summed E-state index contributed by atoms with van der Waals surface area (Å²) in [5, 5.41) is 0. The minimum Gasteiger partial charge on any atom is -0.322 e. The number of hydrogen-bond donors (Lipinski definition) is 0. The van der Waals surface area contributed by atoms with Crippen LogP contribution in [0, 0.1) is 0 Å². The van der Waals surface area contributed by atoms with Crippen molar-refractivity contribution in [2.75, 3.05) is 7.05 Å². The topological polar surface area (TPSA) is 20.3 Å². The molecule has 0 saturated heterocycles. The Morgan fingerprint density at radius 2 is 2.21 bits per heavy atom. The highest BCUT2D eigenvalue weighted by Gasteiger charge is 1.95. The first-order valence-corrected chi connectivity index (χ1v) is 5.06. The fourth-order valence-corrected chi connectivity index (χ4v) is 1.33. The van der Waals surface area contributed by atoms with E-state index < -0.39 is 0 Å². The first-order valence-electron chi connectivity index (χ1n) is 4.27. The third-order valence-electron chi connectivity index (χ3n) is 1.84. The zero-order valence-electron chi connectivity index (χ0n) is 8.20. The number of benzene rings is 1. The van der Waals surface area contributed by atoms with E-state index in [0.29, 0.717) is 0 Å². The highest BCUT2D eigenvalue weighted by molar-refractivity contribution is 9.10. The Bertz CT molecular complexity index is 360. The summed E-state index contributed by atoms with van der Waals surface area (Å²) in [6.45, 7) is 1.53. The van der Waals surface area contributed by atoms with Crippen LogP contribution in [0.2, 0.25) is 0 Å². The first-order chi connectivity index (χ1) is 6.59. The summed E-state index contributed by atoms with van der Waals surface area (Å²) in [5.41, 5.74) is 1.06. The maximum absolute atomic E-state index is 10.9. The van der Waals surface area contributed by atoms with E-state index in [1.165, 1.54) is 6.92 Å². The number of amides is 1. The van der Waals surface area contributed by atoms with E-state index in [2.05, 4.69) is 15.9 Å². The highest BCUT2D eigenvalue weighted by Crippen LogP contribution is 2.12. The summed E-state index contributed by atoms with van der Waals surface area (Å²) in [6, 6.07) is 7.89. The summed E-state index contributed by atoms with van der Waals surface area (Å²) in [6.07, 6.45) is 3.65. The van der Waals surface area contributed by atoms with Crippen molar-refractivity contribution in [3.8, 4) is 0 Å². The van der Waals surface area contributed by atoms with Crippen molar-refractivity contribution in [1.82, 2.24) is 4.90 Å². The van der Waals surface area contributed by atoms with Crippen LogP contribution in [0.5, 0.6) is 0 Å². The molecule has 0 atom stereocenters. The molecule has 74 valence electrons. The second-order valence-corrected chi connectivity index (χ2v) is 3.92. The van der Waals surface area contributed by atoms with Gasteiger partial charge in [-0.25, -0.2) is 0 Å². The van der Waals surface area contributed by atoms with E-state index in [1.807, 2.05) is 30.3 Å². The van der Waals surface area contributed by atoms with Gasteiger partial charge in [0.2, 0.25) is 5.91 Å². The largest absolute Gasteiger partial charge is 0.322 e. The number of nitrogens with zero attached hydrogens (tertiary/aromatic N) is 1. The second kappa shape index (κ2) is 4.96. The average molecular weight is 254 g/mol. The standard InChI is InChI=1S/C11H12BrNO/c1-9(14)13(2)7-6-10-4-3-5-11(12)8-10/h3-8H,1-2H3/b7-6+. The molecule has 1 amide bonds. The molecule has 1 aromatic carbocycles. The fourth-order valence-electron chi connectivity index (χ4n) is 0.913. The molecule has 1 rings (SSSR count). The lowest BCUT2D eigenvalue weighted by Crippen LogP contribution is -2.16. The molecule has 0 saturated carbocycles. The summed E-state index contributed by atoms with van der Waals surface area (Å²) in [5.74, 6) is 0.0243. The number of rotatable bonds is 2. The molecule has 0 heterocycles. The molecular formula is C11H12BrNO. The van der Waals surface area contributed by atoms with E-state index in [-0.39, 0.29) is 5.91 Å². The van der Waals surface area contributed by atoms with Crippen LogP contribution < -0.4 is 0 Å². The Hall–Kier alpha value is -1.09. The van der Waals surface area contributed by atoms with Gasteiger partial charge in [0.1, 0.15) is 0 Å². The SMILES string of the molecule is CC(=O)N(C)/C=C/c1cccc(Br)c1. The zero-order valence-corrected chi connectivity index (χ0v) is 9.78. The van der Waals surface area contributed by atoms with Gasteiger partial charge < -0.3 is 4.90 Å². The molecule has 0 unspecified atom stereocenters. The quantitative estimate of drug-likeness (QED) is 0.794. The normalized spacial score (nSPS) is 10.5. The van der Waals surface area contributed by atoms with Crippen molar-refractivity contribution >= 4 is 27.9 Å². The van der Waals surface area contributed by atoms with Gasteiger partial charge >= 0.3 is 0 Å². The minimum absolute atomic E-state index is 0.0243. The van der Waals surface area contributed by atoms with Gasteiger partial charge in [-0.3, -0.25) is 4.79 Å². The van der Waals surface area contributed by atoms with Crippen LogP contribution in [0.3, 0.4) is 0 Å². The van der Waals surface area contributed by atoms with Gasteiger partial charge in [-0.15, -0.1) is 0 Å². The molecule has 0 aromatic heterocycles. The molecule has 1 aromatic rings. The lowest BCUT2D eigenvalue weighted by molar-refractivity contribution is -0.125. The third kappa shape index (κ3) is 3.34. The van der Waals surface area contributed by atoms with Gasteiger partial charge in [0.25, 0.3) is 0 Å². The number of carbonyl (C=O) groups excluding carboxylic acids is 1. The maximum atomic E-state index is 10.9. The second-order valence-electron chi connectivity index (χ2n) is 3.00. The van der Waals surface area contributed by atoms with Crippen molar-refractivity contribution in [3.05, 3.63) is 40.5 Å². The van der Waals surface area contributed by atoms with Crippen molar-refractivity contribution in [1.29, 1.82) is 0 Å². The number of carbonyl (C=O) groups is 1. The smallest absolute Gasteiger partial charge is 0.223 e. The number of halogens is 1. The highest BCUT2D eigenvalue weighted by atomic mass is 79.9. The van der Waals surface area contributed by atoms with Gasteiger partial charge in [-0.2, -0.15) is 0 Å². The molecule has 2 nitrogen and oxygen atoms in total.